The van der Waals surface area contributed by atoms with Gasteiger partial charge in [0.1, 0.15) is 0 Å². The molecule has 0 aliphatic heterocycles. The molecule has 82 valence electrons. The van der Waals surface area contributed by atoms with Gasteiger partial charge >= 0.3 is 0 Å². The van der Waals surface area contributed by atoms with Gasteiger partial charge in [-0.15, -0.1) is 0 Å². The van der Waals surface area contributed by atoms with Crippen molar-refractivity contribution < 1.29 is 0 Å². The summed E-state index contributed by atoms with van der Waals surface area (Å²) in [7, 11) is 0. The zero-order valence-electron chi connectivity index (χ0n) is 9.83. The van der Waals surface area contributed by atoms with E-state index in [0.717, 1.165) is 30.7 Å². The van der Waals surface area contributed by atoms with Crippen molar-refractivity contribution in [2.45, 2.75) is 33.1 Å². The lowest BCUT2D eigenvalue weighted by Gasteiger charge is -2.03. The van der Waals surface area contributed by atoms with Gasteiger partial charge in [-0.05, 0) is 56.4 Å². The number of nitrogens with zero attached hydrogens (tertiary/aromatic N) is 2. The van der Waals surface area contributed by atoms with E-state index >= 15 is 0 Å². The lowest BCUT2D eigenvalue weighted by Crippen LogP contribution is -2.02. The SMILES string of the molecule is Cc1cc(C)cc(N=C2CCCC2C#N)c1. The molecule has 0 amide bonds. The van der Waals surface area contributed by atoms with Crippen LogP contribution in [0.3, 0.4) is 0 Å². The molecule has 1 aromatic carbocycles. The van der Waals surface area contributed by atoms with Gasteiger partial charge in [0.25, 0.3) is 0 Å². The predicted octanol–water partition coefficient (Wildman–Crippen LogP) is 3.70. The van der Waals surface area contributed by atoms with E-state index in [1.54, 1.807) is 0 Å². The number of nitriles is 1. The van der Waals surface area contributed by atoms with Crippen LogP contribution in [0.25, 0.3) is 0 Å². The maximum Gasteiger partial charge on any atom is 0.0846 e. The summed E-state index contributed by atoms with van der Waals surface area (Å²) in [5, 5.41) is 8.99. The number of hydrogen-bond acceptors (Lipinski definition) is 2. The van der Waals surface area contributed by atoms with Crippen molar-refractivity contribution >= 4 is 11.4 Å². The van der Waals surface area contributed by atoms with Crippen LogP contribution in [-0.4, -0.2) is 5.71 Å². The molecule has 0 radical (unpaired) electrons. The minimum Gasteiger partial charge on any atom is -0.256 e. The fraction of sp³-hybridized carbons (Fsp3) is 0.429. The van der Waals surface area contributed by atoms with Gasteiger partial charge in [-0.2, -0.15) is 5.26 Å². The normalized spacial score (nSPS) is 22.3. The third-order valence-corrected chi connectivity index (χ3v) is 2.96. The van der Waals surface area contributed by atoms with Gasteiger partial charge in [-0.1, -0.05) is 6.07 Å². The van der Waals surface area contributed by atoms with Crippen LogP contribution in [0.2, 0.25) is 0 Å². The van der Waals surface area contributed by atoms with Gasteiger partial charge in [-0.3, -0.25) is 4.99 Å². The van der Waals surface area contributed by atoms with Crippen molar-refractivity contribution in [1.82, 2.24) is 0 Å². The maximum absolute atomic E-state index is 8.99. The molecule has 2 heteroatoms. The van der Waals surface area contributed by atoms with Crippen LogP contribution >= 0.6 is 0 Å². The Morgan fingerprint density at radius 1 is 1.25 bits per heavy atom. The Labute approximate surface area is 96.6 Å². The van der Waals surface area contributed by atoms with E-state index in [2.05, 4.69) is 43.1 Å². The molecule has 0 N–H and O–H groups in total. The number of aliphatic imine (C=N–C) groups is 1. The fourth-order valence-corrected chi connectivity index (χ4v) is 2.28. The van der Waals surface area contributed by atoms with E-state index < -0.39 is 0 Å². The van der Waals surface area contributed by atoms with Crippen LogP contribution in [0.5, 0.6) is 0 Å². The van der Waals surface area contributed by atoms with Crippen molar-refractivity contribution in [2.24, 2.45) is 10.9 Å². The number of aryl methyl sites for hydroxylation is 2. The highest BCUT2D eigenvalue weighted by Crippen LogP contribution is 2.26. The standard InChI is InChI=1S/C14H16N2/c1-10-6-11(2)8-13(7-10)16-14-5-3-4-12(14)9-15/h6-8,12H,3-5H2,1-2H3. The van der Waals surface area contributed by atoms with Crippen LogP contribution < -0.4 is 0 Å². The first-order chi connectivity index (χ1) is 7.69. The van der Waals surface area contributed by atoms with E-state index in [0.29, 0.717) is 0 Å². The smallest absolute Gasteiger partial charge is 0.0846 e. The first kappa shape index (κ1) is 10.9. The first-order valence-electron chi connectivity index (χ1n) is 5.74. The Morgan fingerprint density at radius 3 is 2.56 bits per heavy atom. The number of hydrogen-bond donors (Lipinski definition) is 0. The highest BCUT2D eigenvalue weighted by atomic mass is 14.8. The third-order valence-electron chi connectivity index (χ3n) is 2.96. The molecule has 1 saturated carbocycles. The van der Waals surface area contributed by atoms with Crippen molar-refractivity contribution in [1.29, 1.82) is 5.26 Å². The van der Waals surface area contributed by atoms with E-state index in [-0.39, 0.29) is 5.92 Å². The quantitative estimate of drug-likeness (QED) is 0.699. The lowest BCUT2D eigenvalue weighted by atomic mass is 10.1. The lowest BCUT2D eigenvalue weighted by molar-refractivity contribution is 0.795. The minimum atomic E-state index is 0.0424. The molecule has 1 fully saturated rings. The van der Waals surface area contributed by atoms with Gasteiger partial charge in [0, 0.05) is 5.71 Å². The summed E-state index contributed by atoms with van der Waals surface area (Å²) in [6.07, 6.45) is 3.05. The Bertz CT molecular complexity index is 446. The Morgan fingerprint density at radius 2 is 1.94 bits per heavy atom. The van der Waals surface area contributed by atoms with Gasteiger partial charge in [-0.25, -0.2) is 0 Å². The highest BCUT2D eigenvalue weighted by molar-refractivity contribution is 5.92. The maximum atomic E-state index is 8.99. The molecule has 1 aliphatic rings. The first-order valence-corrected chi connectivity index (χ1v) is 5.74. The summed E-state index contributed by atoms with van der Waals surface area (Å²) >= 11 is 0. The molecule has 2 rings (SSSR count). The summed E-state index contributed by atoms with van der Waals surface area (Å²) in [6, 6.07) is 8.62. The second-order valence-electron chi connectivity index (χ2n) is 4.52. The molecule has 0 aromatic heterocycles. The van der Waals surface area contributed by atoms with Crippen molar-refractivity contribution in [2.75, 3.05) is 0 Å². The fourth-order valence-electron chi connectivity index (χ4n) is 2.28. The van der Waals surface area contributed by atoms with E-state index in [1.807, 2.05) is 0 Å². The summed E-state index contributed by atoms with van der Waals surface area (Å²) in [6.45, 7) is 4.15. The minimum absolute atomic E-state index is 0.0424. The third kappa shape index (κ3) is 2.30. The van der Waals surface area contributed by atoms with Crippen molar-refractivity contribution in [3.63, 3.8) is 0 Å². The molecule has 1 atom stereocenters. The van der Waals surface area contributed by atoms with Crippen molar-refractivity contribution in [3.8, 4) is 6.07 Å². The van der Waals surface area contributed by atoms with Crippen molar-refractivity contribution in [3.05, 3.63) is 29.3 Å². The topological polar surface area (TPSA) is 36.1 Å². The average molecular weight is 212 g/mol. The molecule has 1 aliphatic carbocycles. The predicted molar refractivity (Wildman–Crippen MR) is 66.0 cm³/mol. The molecule has 0 heterocycles. The van der Waals surface area contributed by atoms with Gasteiger partial charge in [0.15, 0.2) is 0 Å². The molecule has 2 nitrogen and oxygen atoms in total. The average Bonchev–Trinajstić information content (AvgIpc) is 2.63. The number of benzene rings is 1. The molecule has 0 saturated heterocycles. The Hall–Kier alpha value is -1.62. The highest BCUT2D eigenvalue weighted by Gasteiger charge is 2.21. The van der Waals surface area contributed by atoms with E-state index in [4.69, 9.17) is 5.26 Å². The molecule has 16 heavy (non-hydrogen) atoms. The van der Waals surface area contributed by atoms with Gasteiger partial charge in [0.05, 0.1) is 17.7 Å². The summed E-state index contributed by atoms with van der Waals surface area (Å²) < 4.78 is 0. The van der Waals surface area contributed by atoms with E-state index in [9.17, 15) is 0 Å². The molecule has 1 aromatic rings. The van der Waals surface area contributed by atoms with E-state index in [1.165, 1.54) is 11.1 Å². The monoisotopic (exact) mass is 212 g/mol. The zero-order valence-corrected chi connectivity index (χ0v) is 9.83. The van der Waals surface area contributed by atoms with Crippen LogP contribution in [0.4, 0.5) is 5.69 Å². The summed E-state index contributed by atoms with van der Waals surface area (Å²) in [5.41, 5.74) is 4.51. The Kier molecular flexibility index (Phi) is 3.05. The summed E-state index contributed by atoms with van der Waals surface area (Å²) in [4.78, 5) is 4.63. The molecule has 1 unspecified atom stereocenters. The largest absolute Gasteiger partial charge is 0.256 e. The second-order valence-corrected chi connectivity index (χ2v) is 4.52. The van der Waals surface area contributed by atoms with Gasteiger partial charge < -0.3 is 0 Å². The molecular formula is C14H16N2. The van der Waals surface area contributed by atoms with Crippen LogP contribution in [-0.2, 0) is 0 Å². The molecular weight excluding hydrogens is 196 g/mol. The second kappa shape index (κ2) is 4.49. The van der Waals surface area contributed by atoms with Gasteiger partial charge in [0.2, 0.25) is 0 Å². The van der Waals surface area contributed by atoms with Crippen LogP contribution in [0, 0.1) is 31.1 Å². The number of rotatable bonds is 1. The summed E-state index contributed by atoms with van der Waals surface area (Å²) in [5.74, 6) is 0.0424. The van der Waals surface area contributed by atoms with Crippen LogP contribution in [0.1, 0.15) is 30.4 Å². The zero-order chi connectivity index (χ0) is 11.5. The molecule has 0 bridgehead atoms. The Balaban J connectivity index is 2.32. The molecule has 0 spiro atoms. The van der Waals surface area contributed by atoms with Crippen LogP contribution in [0.15, 0.2) is 23.2 Å².